The Bertz CT molecular complexity index is 1220. The fourth-order valence-electron chi connectivity index (χ4n) is 3.58. The summed E-state index contributed by atoms with van der Waals surface area (Å²) in [6, 6.07) is 6.86. The summed E-state index contributed by atoms with van der Waals surface area (Å²) in [6.45, 7) is 2.41. The Hall–Kier alpha value is -3.68. The molecule has 0 saturated heterocycles. The van der Waals surface area contributed by atoms with Crippen molar-refractivity contribution >= 4 is 18.1 Å². The Morgan fingerprint density at radius 3 is 1.75 bits per heavy atom. The van der Waals surface area contributed by atoms with E-state index >= 15 is 0 Å². The number of rotatable bonds is 16. The molecule has 1 aromatic rings. The molecule has 0 radical (unpaired) electrons. The second kappa shape index (κ2) is 15.7. The van der Waals surface area contributed by atoms with E-state index in [4.69, 9.17) is 9.47 Å². The maximum Gasteiger partial charge on any atom is 0.460 e. The molecule has 1 rings (SSSR count). The fraction of sp³-hybridized carbons (Fsp3) is 0.667. The average Bonchev–Trinajstić information content (AvgIpc) is 2.93. The largest absolute Gasteiger partial charge is 0.460 e. The number of carbonyl (C=O) groups excluding carboxylic acids is 3. The summed E-state index contributed by atoms with van der Waals surface area (Å²) in [5, 5.41) is 5.96. The maximum absolute atomic E-state index is 14.1. The van der Waals surface area contributed by atoms with Gasteiger partial charge >= 0.3 is 48.0 Å². The fourth-order valence-corrected chi connectivity index (χ4v) is 3.58. The van der Waals surface area contributed by atoms with Gasteiger partial charge in [0.1, 0.15) is 18.2 Å². The van der Waals surface area contributed by atoms with Gasteiger partial charge in [0.25, 0.3) is 0 Å². The number of hydrogen-bond acceptors (Lipinski definition) is 5. The van der Waals surface area contributed by atoms with Gasteiger partial charge < -0.3 is 25.4 Å². The van der Waals surface area contributed by atoms with Crippen molar-refractivity contribution in [3.63, 3.8) is 0 Å². The Balaban J connectivity index is 2.88. The Kier molecular flexibility index (Phi) is 13.8. The number of alkyl carbamates (subject to hydrolysis) is 2. The van der Waals surface area contributed by atoms with Crippen LogP contribution in [0.15, 0.2) is 30.3 Å². The van der Waals surface area contributed by atoms with Crippen LogP contribution in [0.5, 0.6) is 0 Å². The summed E-state index contributed by atoms with van der Waals surface area (Å²) in [5.41, 5.74) is -0.440. The molecule has 0 aromatic heterocycles. The topological polar surface area (TPSA) is 106 Å². The van der Waals surface area contributed by atoms with Crippen molar-refractivity contribution in [3.8, 4) is 0 Å². The van der Waals surface area contributed by atoms with Crippen LogP contribution < -0.4 is 16.0 Å². The molecule has 0 saturated carbocycles. The van der Waals surface area contributed by atoms with Gasteiger partial charge in [0.2, 0.25) is 5.91 Å². The zero-order valence-corrected chi connectivity index (χ0v) is 25.4. The van der Waals surface area contributed by atoms with Crippen LogP contribution in [0.25, 0.3) is 0 Å². The highest BCUT2D eigenvalue weighted by Crippen LogP contribution is 2.60. The third-order valence-corrected chi connectivity index (χ3v) is 6.15. The van der Waals surface area contributed by atoms with E-state index in [1.54, 1.807) is 35.6 Å². The molecule has 0 heterocycles. The monoisotopic (exact) mass is 725 g/mol. The van der Waals surface area contributed by atoms with Crippen LogP contribution in [0.2, 0.25) is 0 Å². The quantitative estimate of drug-likeness (QED) is 0.123. The zero-order valence-electron chi connectivity index (χ0n) is 25.4. The number of carbonyl (C=O) groups is 3. The molecular formula is C27H32F13N3O5. The number of ether oxygens (including phenoxy) is 2. The number of unbranched alkanes of at least 4 members (excludes halogenated alkanes) is 1. The first-order valence-electron chi connectivity index (χ1n) is 13.8. The molecule has 0 unspecified atom stereocenters. The molecule has 1 aromatic carbocycles. The first kappa shape index (κ1) is 42.3. The standard InChI is InChI=1S/C27H32F13N3O5/c1-21(2,3)48-20(46)43-17(11-7-8-13-42-19(45)47-15-16-9-5-4-6-10-16)18(44)41-14-12-22(28,29)23(30,31)24(32,33)25(34,35)26(36,37)27(38,39)40/h4-6,9-10,17H,7-8,11-15H2,1-3H3,(H,41,44)(H,42,45)(H,43,46)/t17-/m0/s1. The van der Waals surface area contributed by atoms with Gasteiger partial charge in [-0.25, -0.2) is 9.59 Å². The predicted molar refractivity (Wildman–Crippen MR) is 140 cm³/mol. The maximum atomic E-state index is 14.1. The van der Waals surface area contributed by atoms with E-state index in [9.17, 15) is 71.5 Å². The van der Waals surface area contributed by atoms with Crippen LogP contribution in [0.1, 0.15) is 52.0 Å². The highest BCUT2D eigenvalue weighted by Gasteiger charge is 2.90. The minimum absolute atomic E-state index is 0.00416. The molecule has 48 heavy (non-hydrogen) atoms. The van der Waals surface area contributed by atoms with Gasteiger partial charge in [0.15, 0.2) is 0 Å². The number of nitrogens with one attached hydrogen (secondary N) is 3. The molecule has 21 heteroatoms. The third kappa shape index (κ3) is 10.7. The van der Waals surface area contributed by atoms with Crippen molar-refractivity contribution < 1.29 is 80.9 Å². The first-order chi connectivity index (χ1) is 21.6. The van der Waals surface area contributed by atoms with Gasteiger partial charge in [-0.15, -0.1) is 0 Å². The van der Waals surface area contributed by atoms with E-state index in [-0.39, 0.29) is 32.4 Å². The van der Waals surface area contributed by atoms with E-state index in [2.05, 4.69) is 5.32 Å². The minimum Gasteiger partial charge on any atom is -0.445 e. The second-order valence-corrected chi connectivity index (χ2v) is 11.2. The Labute approximate surface area is 265 Å². The van der Waals surface area contributed by atoms with Crippen molar-refractivity contribution in [2.75, 3.05) is 13.1 Å². The van der Waals surface area contributed by atoms with Crippen LogP contribution in [0.3, 0.4) is 0 Å². The van der Waals surface area contributed by atoms with Crippen molar-refractivity contribution in [1.29, 1.82) is 0 Å². The van der Waals surface area contributed by atoms with Crippen molar-refractivity contribution in [1.82, 2.24) is 16.0 Å². The van der Waals surface area contributed by atoms with Crippen molar-refractivity contribution in [2.24, 2.45) is 0 Å². The van der Waals surface area contributed by atoms with Crippen LogP contribution >= 0.6 is 0 Å². The molecule has 3 amide bonds. The van der Waals surface area contributed by atoms with Gasteiger partial charge in [-0.2, -0.15) is 57.1 Å². The molecule has 3 N–H and O–H groups in total. The number of benzene rings is 1. The molecule has 8 nitrogen and oxygen atoms in total. The number of hydrogen-bond donors (Lipinski definition) is 3. The number of amides is 3. The van der Waals surface area contributed by atoms with E-state index in [1.807, 2.05) is 5.32 Å². The lowest BCUT2D eigenvalue weighted by atomic mass is 9.92. The number of halogens is 13. The first-order valence-corrected chi connectivity index (χ1v) is 13.8. The Morgan fingerprint density at radius 2 is 1.23 bits per heavy atom. The summed E-state index contributed by atoms with van der Waals surface area (Å²) in [7, 11) is 0. The van der Waals surface area contributed by atoms with Crippen molar-refractivity contribution in [2.45, 2.75) is 100 Å². The highest BCUT2D eigenvalue weighted by molar-refractivity contribution is 5.85. The SMILES string of the molecule is CC(C)(C)OC(=O)N[C@@H](CCCCNC(=O)OCc1ccccc1)C(=O)NCCC(F)(F)C(F)(F)C(F)(F)C(F)(F)C(F)(F)C(F)(F)F. The number of alkyl halides is 13. The molecule has 0 aliphatic rings. The lowest BCUT2D eigenvalue weighted by Gasteiger charge is -2.39. The van der Waals surface area contributed by atoms with Crippen LogP contribution in [0.4, 0.5) is 66.7 Å². The highest BCUT2D eigenvalue weighted by atomic mass is 19.4. The smallest absolute Gasteiger partial charge is 0.445 e. The lowest BCUT2D eigenvalue weighted by molar-refractivity contribution is -0.440. The van der Waals surface area contributed by atoms with Gasteiger partial charge in [-0.1, -0.05) is 30.3 Å². The van der Waals surface area contributed by atoms with E-state index in [1.165, 1.54) is 20.8 Å². The van der Waals surface area contributed by atoms with Crippen LogP contribution in [-0.4, -0.2) is 78.6 Å². The summed E-state index contributed by atoms with van der Waals surface area (Å²) in [4.78, 5) is 36.6. The molecule has 0 aliphatic heterocycles. The normalized spacial score (nSPS) is 14.2. The zero-order chi connectivity index (χ0) is 37.4. The minimum atomic E-state index is -8.04. The lowest BCUT2D eigenvalue weighted by Crippen LogP contribution is -2.70. The van der Waals surface area contributed by atoms with Gasteiger partial charge in [-0.3, -0.25) is 4.79 Å². The van der Waals surface area contributed by atoms with Crippen LogP contribution in [0, 0.1) is 0 Å². The predicted octanol–water partition coefficient (Wildman–Crippen LogP) is 7.22. The van der Waals surface area contributed by atoms with E-state index in [0.717, 1.165) is 0 Å². The van der Waals surface area contributed by atoms with Crippen LogP contribution in [-0.2, 0) is 20.9 Å². The third-order valence-electron chi connectivity index (χ3n) is 6.15. The average molecular weight is 726 g/mol. The molecule has 0 bridgehead atoms. The second-order valence-electron chi connectivity index (χ2n) is 11.2. The molecular weight excluding hydrogens is 693 g/mol. The van der Waals surface area contributed by atoms with Gasteiger partial charge in [0, 0.05) is 19.5 Å². The summed E-state index contributed by atoms with van der Waals surface area (Å²) < 4.78 is 183. The van der Waals surface area contributed by atoms with Gasteiger partial charge in [0.05, 0.1) is 0 Å². The molecule has 0 aliphatic carbocycles. The summed E-state index contributed by atoms with van der Waals surface area (Å²) >= 11 is 0. The van der Waals surface area contributed by atoms with E-state index in [0.29, 0.717) is 5.56 Å². The summed E-state index contributed by atoms with van der Waals surface area (Å²) in [6.07, 6.45) is -12.5. The summed E-state index contributed by atoms with van der Waals surface area (Å²) in [5.74, 6) is -39.1. The van der Waals surface area contributed by atoms with Crippen molar-refractivity contribution in [3.05, 3.63) is 35.9 Å². The van der Waals surface area contributed by atoms with Gasteiger partial charge in [-0.05, 0) is 45.6 Å². The molecule has 276 valence electrons. The van der Waals surface area contributed by atoms with E-state index < -0.39 is 78.5 Å². The molecule has 0 spiro atoms. The Morgan fingerprint density at radius 1 is 0.688 bits per heavy atom. The molecule has 1 atom stereocenters. The molecule has 0 fully saturated rings.